The second kappa shape index (κ2) is 5.75. The van der Waals surface area contributed by atoms with Gasteiger partial charge in [0, 0.05) is 16.5 Å². The Hall–Kier alpha value is -1.23. The summed E-state index contributed by atoms with van der Waals surface area (Å²) in [5.41, 5.74) is 0.240. The van der Waals surface area contributed by atoms with Crippen LogP contribution in [0.5, 0.6) is 0 Å². The zero-order valence-electron chi connectivity index (χ0n) is 8.63. The van der Waals surface area contributed by atoms with E-state index < -0.39 is 11.8 Å². The third-order valence-electron chi connectivity index (χ3n) is 2.01. The zero-order chi connectivity index (χ0) is 12.1. The van der Waals surface area contributed by atoms with Crippen LogP contribution in [0.1, 0.15) is 23.2 Å². The Morgan fingerprint density at radius 1 is 1.38 bits per heavy atom. The molecule has 0 heterocycles. The number of ketones is 1. The number of ether oxygens (including phenoxy) is 1. The van der Waals surface area contributed by atoms with Crippen LogP contribution in [-0.2, 0) is 9.53 Å². The molecule has 0 saturated heterocycles. The first kappa shape index (κ1) is 12.8. The first-order valence-corrected chi connectivity index (χ1v) is 5.39. The number of hydrogen-bond donors (Lipinski definition) is 0. The molecule has 3 nitrogen and oxygen atoms in total. The molecule has 0 unspecified atom stereocenters. The Morgan fingerprint density at radius 3 is 2.69 bits per heavy atom. The molecular formula is C11H10BrFO3. The summed E-state index contributed by atoms with van der Waals surface area (Å²) in [5.74, 6) is -1.23. The number of rotatable bonds is 4. The Morgan fingerprint density at radius 2 is 2.06 bits per heavy atom. The van der Waals surface area contributed by atoms with Crippen LogP contribution in [0.4, 0.5) is 4.39 Å². The normalized spacial score (nSPS) is 9.94. The molecule has 0 saturated carbocycles. The zero-order valence-corrected chi connectivity index (χ0v) is 10.2. The van der Waals surface area contributed by atoms with Crippen molar-refractivity contribution in [2.24, 2.45) is 0 Å². The van der Waals surface area contributed by atoms with Crippen molar-refractivity contribution < 1.29 is 18.7 Å². The molecular weight excluding hydrogens is 279 g/mol. The van der Waals surface area contributed by atoms with Gasteiger partial charge in [0.15, 0.2) is 5.78 Å². The summed E-state index contributed by atoms with van der Waals surface area (Å²) < 4.78 is 17.8. The Bertz CT molecular complexity index is 418. The summed E-state index contributed by atoms with van der Waals surface area (Å²) in [4.78, 5) is 22.5. The molecule has 0 fully saturated rings. The molecule has 0 N–H and O–H groups in total. The Kier molecular flexibility index (Phi) is 4.61. The molecule has 0 bridgehead atoms. The van der Waals surface area contributed by atoms with Gasteiger partial charge in [-0.3, -0.25) is 9.59 Å². The van der Waals surface area contributed by atoms with E-state index in [1.807, 2.05) is 0 Å². The van der Waals surface area contributed by atoms with Gasteiger partial charge in [-0.1, -0.05) is 15.9 Å². The van der Waals surface area contributed by atoms with Gasteiger partial charge in [-0.25, -0.2) is 4.39 Å². The molecule has 0 spiro atoms. The maximum Gasteiger partial charge on any atom is 0.305 e. The maximum atomic E-state index is 12.9. The number of halogens is 2. The fraction of sp³-hybridized carbons (Fsp3) is 0.273. The van der Waals surface area contributed by atoms with Crippen LogP contribution in [-0.4, -0.2) is 18.9 Å². The van der Waals surface area contributed by atoms with Gasteiger partial charge < -0.3 is 4.74 Å². The van der Waals surface area contributed by atoms with Crippen molar-refractivity contribution >= 4 is 27.7 Å². The molecule has 1 aromatic carbocycles. The van der Waals surface area contributed by atoms with E-state index >= 15 is 0 Å². The minimum atomic E-state index is -0.482. The standard InChI is InChI=1S/C11H10BrFO3/c1-16-11(15)5-4-10(14)8-6-7(13)2-3-9(8)12/h2-3,6H,4-5H2,1H3. The molecule has 0 aliphatic heterocycles. The van der Waals surface area contributed by atoms with Crippen molar-refractivity contribution in [1.29, 1.82) is 0 Å². The average Bonchev–Trinajstić information content (AvgIpc) is 2.28. The highest BCUT2D eigenvalue weighted by molar-refractivity contribution is 9.10. The van der Waals surface area contributed by atoms with Crippen LogP contribution in [0.15, 0.2) is 22.7 Å². The van der Waals surface area contributed by atoms with Crippen LogP contribution in [0, 0.1) is 5.82 Å². The van der Waals surface area contributed by atoms with Crippen molar-refractivity contribution in [3.8, 4) is 0 Å². The van der Waals surface area contributed by atoms with Gasteiger partial charge in [-0.05, 0) is 18.2 Å². The van der Waals surface area contributed by atoms with Gasteiger partial charge in [-0.2, -0.15) is 0 Å². The summed E-state index contributed by atoms with van der Waals surface area (Å²) in [6.45, 7) is 0. The smallest absolute Gasteiger partial charge is 0.305 e. The number of carbonyl (C=O) groups excluding carboxylic acids is 2. The van der Waals surface area contributed by atoms with E-state index in [0.717, 1.165) is 6.07 Å². The van der Waals surface area contributed by atoms with E-state index in [4.69, 9.17) is 0 Å². The summed E-state index contributed by atoms with van der Waals surface area (Å²) >= 11 is 3.15. The second-order valence-corrected chi connectivity index (χ2v) is 3.98. The predicted molar refractivity (Wildman–Crippen MR) is 59.7 cm³/mol. The quantitative estimate of drug-likeness (QED) is 0.632. The van der Waals surface area contributed by atoms with Crippen LogP contribution in [0.2, 0.25) is 0 Å². The van der Waals surface area contributed by atoms with E-state index in [9.17, 15) is 14.0 Å². The number of hydrogen-bond acceptors (Lipinski definition) is 3. The van der Waals surface area contributed by atoms with Crippen molar-refractivity contribution in [3.05, 3.63) is 34.1 Å². The summed E-state index contributed by atoms with van der Waals surface area (Å²) in [7, 11) is 1.25. The van der Waals surface area contributed by atoms with Crippen molar-refractivity contribution in [2.45, 2.75) is 12.8 Å². The van der Waals surface area contributed by atoms with Gasteiger partial charge in [0.05, 0.1) is 13.5 Å². The molecule has 0 atom stereocenters. The fourth-order valence-electron chi connectivity index (χ4n) is 1.16. The number of methoxy groups -OCH3 is 1. The van der Waals surface area contributed by atoms with Gasteiger partial charge in [0.2, 0.25) is 0 Å². The summed E-state index contributed by atoms with van der Waals surface area (Å²) in [6, 6.07) is 3.85. The highest BCUT2D eigenvalue weighted by Gasteiger charge is 2.13. The van der Waals surface area contributed by atoms with E-state index in [0.29, 0.717) is 4.47 Å². The minimum Gasteiger partial charge on any atom is -0.469 e. The van der Waals surface area contributed by atoms with Crippen LogP contribution >= 0.6 is 15.9 Å². The van der Waals surface area contributed by atoms with E-state index in [-0.39, 0.29) is 24.2 Å². The topological polar surface area (TPSA) is 43.4 Å². The van der Waals surface area contributed by atoms with Crippen LogP contribution in [0.3, 0.4) is 0 Å². The van der Waals surface area contributed by atoms with Gasteiger partial charge in [0.25, 0.3) is 0 Å². The maximum absolute atomic E-state index is 12.9. The van der Waals surface area contributed by atoms with E-state index in [1.54, 1.807) is 0 Å². The molecule has 1 rings (SSSR count). The lowest BCUT2D eigenvalue weighted by Crippen LogP contribution is -2.06. The highest BCUT2D eigenvalue weighted by atomic mass is 79.9. The van der Waals surface area contributed by atoms with Crippen molar-refractivity contribution in [3.63, 3.8) is 0 Å². The largest absolute Gasteiger partial charge is 0.469 e. The van der Waals surface area contributed by atoms with Crippen LogP contribution < -0.4 is 0 Å². The lowest BCUT2D eigenvalue weighted by Gasteiger charge is -2.03. The molecule has 0 radical (unpaired) electrons. The first-order valence-electron chi connectivity index (χ1n) is 4.59. The number of benzene rings is 1. The number of Topliss-reactive ketones (excluding diaryl/α,β-unsaturated/α-hetero) is 1. The number of esters is 1. The lowest BCUT2D eigenvalue weighted by molar-refractivity contribution is -0.140. The molecule has 0 aliphatic rings. The van der Waals surface area contributed by atoms with Gasteiger partial charge in [-0.15, -0.1) is 0 Å². The molecule has 0 aliphatic carbocycles. The molecule has 0 aromatic heterocycles. The number of carbonyl (C=O) groups is 2. The van der Waals surface area contributed by atoms with Gasteiger partial charge >= 0.3 is 5.97 Å². The Labute approximate surface area is 101 Å². The minimum absolute atomic E-state index is 0.00170. The van der Waals surface area contributed by atoms with Gasteiger partial charge in [0.1, 0.15) is 5.82 Å². The molecule has 0 amide bonds. The fourth-order valence-corrected chi connectivity index (χ4v) is 1.63. The molecule has 1 aromatic rings. The third kappa shape index (κ3) is 3.41. The lowest BCUT2D eigenvalue weighted by atomic mass is 10.1. The molecule has 16 heavy (non-hydrogen) atoms. The average molecular weight is 289 g/mol. The third-order valence-corrected chi connectivity index (χ3v) is 2.70. The summed E-state index contributed by atoms with van der Waals surface area (Å²) in [5, 5.41) is 0. The van der Waals surface area contributed by atoms with E-state index in [1.165, 1.54) is 19.2 Å². The second-order valence-electron chi connectivity index (χ2n) is 3.12. The van der Waals surface area contributed by atoms with Crippen LogP contribution in [0.25, 0.3) is 0 Å². The predicted octanol–water partition coefficient (Wildman–Crippen LogP) is 2.72. The first-order chi connectivity index (χ1) is 7.54. The van der Waals surface area contributed by atoms with Crippen molar-refractivity contribution in [1.82, 2.24) is 0 Å². The summed E-state index contributed by atoms with van der Waals surface area (Å²) in [6.07, 6.45) is 0.00696. The van der Waals surface area contributed by atoms with Crippen molar-refractivity contribution in [2.75, 3.05) is 7.11 Å². The Balaban J connectivity index is 2.73. The van der Waals surface area contributed by atoms with E-state index in [2.05, 4.69) is 20.7 Å². The SMILES string of the molecule is COC(=O)CCC(=O)c1cc(F)ccc1Br. The highest BCUT2D eigenvalue weighted by Crippen LogP contribution is 2.19. The molecule has 86 valence electrons. The monoisotopic (exact) mass is 288 g/mol. The molecule has 5 heteroatoms.